The molecule has 0 spiro atoms. The number of hydrogen-bond donors (Lipinski definition) is 4. The Bertz CT molecular complexity index is 716. The minimum absolute atomic E-state index is 0. The summed E-state index contributed by atoms with van der Waals surface area (Å²) in [7, 11) is 1.80. The van der Waals surface area contributed by atoms with Gasteiger partial charge in [0.05, 0.1) is 0 Å². The monoisotopic (exact) mass is 413 g/mol. The molecule has 9 heteroatoms. The zero-order chi connectivity index (χ0) is 18.1. The Balaban J connectivity index is 0.00000338. The molecule has 1 heterocycles. The molecule has 0 radical (unpaired) electrons. The average molecular weight is 414 g/mol. The molecule has 0 saturated carbocycles. The zero-order valence-electron chi connectivity index (χ0n) is 15.2. The highest BCUT2D eigenvalue weighted by molar-refractivity contribution is 5.94. The molecule has 148 valence electrons. The van der Waals surface area contributed by atoms with Gasteiger partial charge in [-0.15, -0.1) is 24.8 Å². The van der Waals surface area contributed by atoms with Crippen molar-refractivity contribution in [3.8, 4) is 0 Å². The van der Waals surface area contributed by atoms with Crippen molar-refractivity contribution in [1.82, 2.24) is 15.6 Å². The van der Waals surface area contributed by atoms with E-state index in [9.17, 15) is 9.59 Å². The lowest BCUT2D eigenvalue weighted by atomic mass is 10.1. The van der Waals surface area contributed by atoms with Crippen molar-refractivity contribution in [2.24, 2.45) is 5.92 Å². The molecule has 3 amide bonds. The molecule has 2 rings (SSSR count). The van der Waals surface area contributed by atoms with E-state index in [-0.39, 0.29) is 42.7 Å². The SMILES string of the molecule is CNCC(C)C(=O)Nc1cccc(NC(=O)NCc2ccncc2)c1.Cl.Cl. The van der Waals surface area contributed by atoms with Gasteiger partial charge in [0.1, 0.15) is 0 Å². The summed E-state index contributed by atoms with van der Waals surface area (Å²) >= 11 is 0. The van der Waals surface area contributed by atoms with E-state index in [0.717, 1.165) is 5.56 Å². The third-order valence-corrected chi connectivity index (χ3v) is 3.55. The lowest BCUT2D eigenvalue weighted by Crippen LogP contribution is -2.29. The van der Waals surface area contributed by atoms with Gasteiger partial charge in [-0.25, -0.2) is 4.79 Å². The van der Waals surface area contributed by atoms with Crippen LogP contribution < -0.4 is 21.3 Å². The molecular formula is C18H25Cl2N5O2. The number of anilines is 2. The van der Waals surface area contributed by atoms with Crippen molar-refractivity contribution in [2.75, 3.05) is 24.2 Å². The third-order valence-electron chi connectivity index (χ3n) is 3.55. The minimum Gasteiger partial charge on any atom is -0.334 e. The van der Waals surface area contributed by atoms with Crippen molar-refractivity contribution in [2.45, 2.75) is 13.5 Å². The van der Waals surface area contributed by atoms with Gasteiger partial charge in [0.25, 0.3) is 0 Å². The maximum Gasteiger partial charge on any atom is 0.319 e. The van der Waals surface area contributed by atoms with Gasteiger partial charge in [0.15, 0.2) is 0 Å². The molecule has 27 heavy (non-hydrogen) atoms. The number of carbonyl (C=O) groups excluding carboxylic acids is 2. The molecule has 1 aromatic heterocycles. The number of aromatic nitrogens is 1. The standard InChI is InChI=1S/C18H23N5O2.2ClH/c1-13(11-19-2)17(24)22-15-4-3-5-16(10-15)23-18(25)21-12-14-6-8-20-9-7-14;;/h3-10,13,19H,11-12H2,1-2H3,(H,22,24)(H2,21,23,25);2*1H. The molecule has 0 saturated heterocycles. The largest absolute Gasteiger partial charge is 0.334 e. The van der Waals surface area contributed by atoms with E-state index in [2.05, 4.69) is 26.3 Å². The zero-order valence-corrected chi connectivity index (χ0v) is 16.8. The van der Waals surface area contributed by atoms with E-state index in [1.54, 1.807) is 43.7 Å². The quantitative estimate of drug-likeness (QED) is 0.560. The van der Waals surface area contributed by atoms with Crippen LogP contribution in [0.25, 0.3) is 0 Å². The van der Waals surface area contributed by atoms with E-state index < -0.39 is 0 Å². The number of rotatable bonds is 7. The van der Waals surface area contributed by atoms with Crippen LogP contribution in [0.3, 0.4) is 0 Å². The number of amides is 3. The summed E-state index contributed by atoms with van der Waals surface area (Å²) in [6, 6.07) is 10.4. The predicted molar refractivity (Wildman–Crippen MR) is 113 cm³/mol. The first-order valence-corrected chi connectivity index (χ1v) is 8.07. The Morgan fingerprint density at radius 2 is 1.67 bits per heavy atom. The summed E-state index contributed by atoms with van der Waals surface area (Å²) in [5.74, 6) is -0.223. The number of carbonyl (C=O) groups is 2. The van der Waals surface area contributed by atoms with Gasteiger partial charge in [-0.1, -0.05) is 13.0 Å². The molecular weight excluding hydrogens is 389 g/mol. The lowest BCUT2D eigenvalue weighted by Gasteiger charge is -2.13. The molecule has 0 aliphatic carbocycles. The van der Waals surface area contributed by atoms with Gasteiger partial charge in [-0.3, -0.25) is 9.78 Å². The smallest absolute Gasteiger partial charge is 0.319 e. The summed E-state index contributed by atoms with van der Waals surface area (Å²) in [5, 5.41) is 11.3. The van der Waals surface area contributed by atoms with Crippen LogP contribution in [-0.4, -0.2) is 30.5 Å². The van der Waals surface area contributed by atoms with Crippen LogP contribution in [0.5, 0.6) is 0 Å². The number of halogens is 2. The van der Waals surface area contributed by atoms with Crippen LogP contribution in [-0.2, 0) is 11.3 Å². The predicted octanol–water partition coefficient (Wildman–Crippen LogP) is 3.04. The molecule has 1 atom stereocenters. The van der Waals surface area contributed by atoms with E-state index in [1.165, 1.54) is 0 Å². The van der Waals surface area contributed by atoms with Crippen LogP contribution in [0.15, 0.2) is 48.8 Å². The summed E-state index contributed by atoms with van der Waals surface area (Å²) in [6.07, 6.45) is 3.35. The second kappa shape index (κ2) is 12.9. The maximum absolute atomic E-state index is 12.0. The second-order valence-corrected chi connectivity index (χ2v) is 5.69. The molecule has 1 aromatic carbocycles. The highest BCUT2D eigenvalue weighted by Gasteiger charge is 2.12. The Kier molecular flexibility index (Phi) is 11.8. The van der Waals surface area contributed by atoms with Crippen molar-refractivity contribution < 1.29 is 9.59 Å². The highest BCUT2D eigenvalue weighted by Crippen LogP contribution is 2.16. The molecule has 0 fully saturated rings. The number of pyridine rings is 1. The normalized spacial score (nSPS) is 10.6. The molecule has 2 aromatic rings. The van der Waals surface area contributed by atoms with Crippen LogP contribution in [0.1, 0.15) is 12.5 Å². The molecule has 0 aliphatic heterocycles. The van der Waals surface area contributed by atoms with Gasteiger partial charge in [-0.2, -0.15) is 0 Å². The van der Waals surface area contributed by atoms with Crippen LogP contribution in [0.2, 0.25) is 0 Å². The highest BCUT2D eigenvalue weighted by atomic mass is 35.5. The Hall–Kier alpha value is -2.35. The number of benzene rings is 1. The molecule has 0 aliphatic rings. The van der Waals surface area contributed by atoms with E-state index in [0.29, 0.717) is 24.5 Å². The average Bonchev–Trinajstić information content (AvgIpc) is 2.61. The van der Waals surface area contributed by atoms with Gasteiger partial charge < -0.3 is 21.3 Å². The number of urea groups is 1. The van der Waals surface area contributed by atoms with Gasteiger partial charge >= 0.3 is 6.03 Å². The molecule has 7 nitrogen and oxygen atoms in total. The third kappa shape index (κ3) is 8.72. The van der Waals surface area contributed by atoms with Crippen LogP contribution in [0, 0.1) is 5.92 Å². The first kappa shape index (κ1) is 24.7. The topological polar surface area (TPSA) is 95.2 Å². The van der Waals surface area contributed by atoms with Gasteiger partial charge in [-0.05, 0) is 42.9 Å². The number of nitrogens with one attached hydrogen (secondary N) is 4. The Labute approximate surface area is 171 Å². The Morgan fingerprint density at radius 1 is 1.04 bits per heavy atom. The van der Waals surface area contributed by atoms with Crippen molar-refractivity contribution in [3.05, 3.63) is 54.4 Å². The number of nitrogens with zero attached hydrogens (tertiary/aromatic N) is 1. The summed E-state index contributed by atoms with van der Waals surface area (Å²) in [5.41, 5.74) is 2.20. The first-order chi connectivity index (χ1) is 12.1. The minimum atomic E-state index is -0.316. The maximum atomic E-state index is 12.0. The van der Waals surface area contributed by atoms with Gasteiger partial charge in [0.2, 0.25) is 5.91 Å². The lowest BCUT2D eigenvalue weighted by molar-refractivity contribution is -0.119. The Morgan fingerprint density at radius 3 is 2.30 bits per heavy atom. The van der Waals surface area contributed by atoms with E-state index >= 15 is 0 Å². The van der Waals surface area contributed by atoms with Crippen LogP contribution >= 0.6 is 24.8 Å². The van der Waals surface area contributed by atoms with Crippen molar-refractivity contribution in [3.63, 3.8) is 0 Å². The fourth-order valence-corrected chi connectivity index (χ4v) is 2.20. The van der Waals surface area contributed by atoms with E-state index in [4.69, 9.17) is 0 Å². The fraction of sp³-hybridized carbons (Fsp3) is 0.278. The fourth-order valence-electron chi connectivity index (χ4n) is 2.20. The second-order valence-electron chi connectivity index (χ2n) is 5.69. The van der Waals surface area contributed by atoms with Crippen molar-refractivity contribution >= 4 is 48.1 Å². The van der Waals surface area contributed by atoms with Crippen LogP contribution in [0.4, 0.5) is 16.2 Å². The summed E-state index contributed by atoms with van der Waals surface area (Å²) in [4.78, 5) is 27.9. The van der Waals surface area contributed by atoms with E-state index in [1.807, 2.05) is 19.1 Å². The summed E-state index contributed by atoms with van der Waals surface area (Å²) < 4.78 is 0. The first-order valence-electron chi connectivity index (χ1n) is 8.07. The number of hydrogen-bond acceptors (Lipinski definition) is 4. The molecule has 4 N–H and O–H groups in total. The van der Waals surface area contributed by atoms with Gasteiger partial charge in [0, 0.05) is 42.8 Å². The molecule has 1 unspecified atom stereocenters. The summed E-state index contributed by atoms with van der Waals surface area (Å²) in [6.45, 7) is 2.86. The molecule has 0 bridgehead atoms. The van der Waals surface area contributed by atoms with Crippen molar-refractivity contribution in [1.29, 1.82) is 0 Å².